The monoisotopic (exact) mass is 547 g/mol. The number of ether oxygens (including phenoxy) is 1. The summed E-state index contributed by atoms with van der Waals surface area (Å²) >= 11 is 0. The lowest BCUT2D eigenvalue weighted by Crippen LogP contribution is -2.37. The fraction of sp³-hybridized carbons (Fsp3) is 0.400. The third-order valence-corrected chi connectivity index (χ3v) is 5.73. The molecule has 2 N–H and O–H groups in total. The van der Waals surface area contributed by atoms with Crippen molar-refractivity contribution in [3.63, 3.8) is 0 Å². The zero-order valence-electron chi connectivity index (χ0n) is 18.8. The number of morpholine rings is 1. The summed E-state index contributed by atoms with van der Waals surface area (Å²) in [7, 11) is 1.82. The van der Waals surface area contributed by atoms with Gasteiger partial charge in [0.25, 0.3) is 0 Å². The van der Waals surface area contributed by atoms with Crippen LogP contribution in [-0.2, 0) is 24.4 Å². The molecule has 2 heterocycles. The van der Waals surface area contributed by atoms with Gasteiger partial charge in [0.2, 0.25) is 0 Å². The second kappa shape index (κ2) is 12.8. The van der Waals surface area contributed by atoms with Crippen molar-refractivity contribution >= 4 is 40.8 Å². The Morgan fingerprint density at radius 3 is 2.66 bits per heavy atom. The molecule has 1 aromatic heterocycles. The van der Waals surface area contributed by atoms with E-state index in [9.17, 15) is 0 Å². The number of hydrogen-bond acceptors (Lipinski definition) is 3. The Hall–Kier alpha value is -2.10. The molecule has 3 aromatic rings. The van der Waals surface area contributed by atoms with Gasteiger partial charge in [-0.25, -0.2) is 0 Å². The second-order valence-electron chi connectivity index (χ2n) is 7.98. The third-order valence-electron chi connectivity index (χ3n) is 5.73. The van der Waals surface area contributed by atoms with E-state index in [0.717, 1.165) is 64.9 Å². The maximum Gasteiger partial charge on any atom is 0.191 e. The Kier molecular flexibility index (Phi) is 9.83. The maximum absolute atomic E-state index is 5.45. The van der Waals surface area contributed by atoms with Crippen LogP contribution >= 0.6 is 24.0 Å². The Morgan fingerprint density at radius 2 is 1.81 bits per heavy atom. The minimum Gasteiger partial charge on any atom is -0.379 e. The highest BCUT2D eigenvalue weighted by atomic mass is 127. The van der Waals surface area contributed by atoms with Gasteiger partial charge in [-0.2, -0.15) is 0 Å². The van der Waals surface area contributed by atoms with Gasteiger partial charge in [0.1, 0.15) is 0 Å². The van der Waals surface area contributed by atoms with E-state index in [0.29, 0.717) is 0 Å². The van der Waals surface area contributed by atoms with Gasteiger partial charge in [-0.05, 0) is 35.1 Å². The number of nitrogens with one attached hydrogen (secondary N) is 2. The lowest BCUT2D eigenvalue weighted by molar-refractivity contribution is 0.0342. The Balaban J connectivity index is 0.00000289. The van der Waals surface area contributed by atoms with Gasteiger partial charge in [-0.3, -0.25) is 9.89 Å². The second-order valence-corrected chi connectivity index (χ2v) is 7.98. The van der Waals surface area contributed by atoms with Crippen molar-refractivity contribution < 1.29 is 4.74 Å². The number of benzene rings is 2. The van der Waals surface area contributed by atoms with Crippen LogP contribution in [0.25, 0.3) is 10.9 Å². The van der Waals surface area contributed by atoms with E-state index < -0.39 is 0 Å². The summed E-state index contributed by atoms with van der Waals surface area (Å²) in [6.45, 7) is 7.31. The van der Waals surface area contributed by atoms with Gasteiger partial charge >= 0.3 is 0 Å². The minimum absolute atomic E-state index is 0. The van der Waals surface area contributed by atoms with E-state index in [-0.39, 0.29) is 24.0 Å². The van der Waals surface area contributed by atoms with Crippen molar-refractivity contribution in [3.05, 3.63) is 71.9 Å². The average Bonchev–Trinajstić information content (AvgIpc) is 3.23. The van der Waals surface area contributed by atoms with E-state index in [2.05, 4.69) is 85.9 Å². The predicted molar refractivity (Wildman–Crippen MR) is 143 cm³/mol. The van der Waals surface area contributed by atoms with E-state index in [4.69, 9.17) is 4.74 Å². The summed E-state index contributed by atoms with van der Waals surface area (Å²) in [5.41, 5.74) is 3.91. The molecule has 1 aliphatic rings. The molecule has 6 nitrogen and oxygen atoms in total. The van der Waals surface area contributed by atoms with Crippen LogP contribution in [0.2, 0.25) is 0 Å². The average molecular weight is 547 g/mol. The number of rotatable bonds is 8. The molecule has 1 fully saturated rings. The number of aromatic nitrogens is 1. The summed E-state index contributed by atoms with van der Waals surface area (Å²) in [5.74, 6) is 0.843. The molecule has 0 spiro atoms. The quantitative estimate of drug-likeness (QED) is 0.195. The van der Waals surface area contributed by atoms with Crippen LogP contribution < -0.4 is 10.6 Å². The number of para-hydroxylation sites is 1. The fourth-order valence-corrected chi connectivity index (χ4v) is 4.05. The topological polar surface area (TPSA) is 53.8 Å². The van der Waals surface area contributed by atoms with Crippen molar-refractivity contribution in [2.75, 3.05) is 39.9 Å². The van der Waals surface area contributed by atoms with Crippen molar-refractivity contribution in [1.29, 1.82) is 0 Å². The highest BCUT2D eigenvalue weighted by Gasteiger charge is 2.10. The number of halogens is 1. The molecule has 172 valence electrons. The predicted octanol–water partition coefficient (Wildman–Crippen LogP) is 3.85. The summed E-state index contributed by atoms with van der Waals surface area (Å²) in [6, 6.07) is 19.5. The van der Waals surface area contributed by atoms with E-state index in [1.54, 1.807) is 0 Å². The van der Waals surface area contributed by atoms with Gasteiger partial charge in [0.15, 0.2) is 5.96 Å². The largest absolute Gasteiger partial charge is 0.379 e. The van der Waals surface area contributed by atoms with Crippen LogP contribution in [0, 0.1) is 0 Å². The molecule has 1 aliphatic heterocycles. The van der Waals surface area contributed by atoms with Gasteiger partial charge < -0.3 is 19.9 Å². The molecule has 0 unspecified atom stereocenters. The smallest absolute Gasteiger partial charge is 0.191 e. The Morgan fingerprint density at radius 1 is 1.00 bits per heavy atom. The lowest BCUT2D eigenvalue weighted by atomic mass is 10.1. The highest BCUT2D eigenvalue weighted by molar-refractivity contribution is 14.0. The number of nitrogens with zero attached hydrogens (tertiary/aromatic N) is 3. The lowest BCUT2D eigenvalue weighted by Gasteiger charge is -2.26. The third kappa shape index (κ3) is 6.95. The van der Waals surface area contributed by atoms with Crippen LogP contribution in [0.15, 0.2) is 65.8 Å². The molecule has 4 rings (SSSR count). The van der Waals surface area contributed by atoms with E-state index >= 15 is 0 Å². The normalized spacial score (nSPS) is 14.8. The molecule has 0 bridgehead atoms. The number of aryl methyl sites for hydroxylation is 1. The van der Waals surface area contributed by atoms with Crippen molar-refractivity contribution in [1.82, 2.24) is 20.1 Å². The van der Waals surface area contributed by atoms with Crippen molar-refractivity contribution in [2.45, 2.75) is 26.1 Å². The van der Waals surface area contributed by atoms with Crippen LogP contribution in [0.5, 0.6) is 0 Å². The van der Waals surface area contributed by atoms with E-state index in [1.165, 1.54) is 22.0 Å². The molecule has 1 saturated heterocycles. The molecule has 2 aromatic carbocycles. The molecule has 0 amide bonds. The first-order valence-electron chi connectivity index (χ1n) is 11.2. The fourth-order valence-electron chi connectivity index (χ4n) is 4.05. The van der Waals surface area contributed by atoms with Crippen molar-refractivity contribution in [2.24, 2.45) is 4.99 Å². The molecular weight excluding hydrogens is 513 g/mol. The summed E-state index contributed by atoms with van der Waals surface area (Å²) in [6.07, 6.45) is 3.20. The van der Waals surface area contributed by atoms with Gasteiger partial charge in [-0.15, -0.1) is 24.0 Å². The number of fused-ring (bicyclic) bond motifs is 1. The first kappa shape index (κ1) is 24.5. The van der Waals surface area contributed by atoms with Crippen LogP contribution in [0.3, 0.4) is 0 Å². The van der Waals surface area contributed by atoms with Gasteiger partial charge in [0, 0.05) is 58.0 Å². The minimum atomic E-state index is 0. The number of guanidine groups is 1. The zero-order valence-corrected chi connectivity index (χ0v) is 21.1. The van der Waals surface area contributed by atoms with Gasteiger partial charge in [0.05, 0.1) is 13.2 Å². The molecule has 0 atom stereocenters. The molecule has 7 heteroatoms. The Bertz CT molecular complexity index is 997. The zero-order chi connectivity index (χ0) is 21.3. The molecule has 32 heavy (non-hydrogen) atoms. The Labute approximate surface area is 208 Å². The maximum atomic E-state index is 5.45. The van der Waals surface area contributed by atoms with Crippen molar-refractivity contribution in [3.8, 4) is 0 Å². The van der Waals surface area contributed by atoms with Crippen LogP contribution in [0.1, 0.15) is 17.5 Å². The summed E-state index contributed by atoms with van der Waals surface area (Å²) in [5, 5.41) is 8.17. The first-order valence-corrected chi connectivity index (χ1v) is 11.2. The van der Waals surface area contributed by atoms with Crippen LogP contribution in [0.4, 0.5) is 0 Å². The van der Waals surface area contributed by atoms with Gasteiger partial charge in [-0.1, -0.05) is 42.5 Å². The van der Waals surface area contributed by atoms with Crippen LogP contribution in [-0.4, -0.2) is 55.3 Å². The summed E-state index contributed by atoms with van der Waals surface area (Å²) in [4.78, 5) is 6.82. The van der Waals surface area contributed by atoms with E-state index in [1.807, 2.05) is 7.05 Å². The number of aliphatic imine (C=N–C) groups is 1. The first-order chi connectivity index (χ1) is 15.3. The number of hydrogen-bond donors (Lipinski definition) is 2. The molecular formula is C25H34IN5O. The molecule has 0 radical (unpaired) electrons. The molecule has 0 saturated carbocycles. The molecule has 0 aliphatic carbocycles. The highest BCUT2D eigenvalue weighted by Crippen LogP contribution is 2.15. The SMILES string of the molecule is CN=C(NCCCn1ccc2ccccc21)NCc1cccc(CN2CCOCC2)c1.I. The standard InChI is InChI=1S/C25H33N5O.HI/c1-26-25(27-11-5-12-30-13-10-23-8-2-3-9-24(23)30)28-19-21-6-4-7-22(18-21)20-29-14-16-31-17-15-29;/h2-4,6-10,13,18H,5,11-12,14-17,19-20H2,1H3,(H2,26,27,28);1H. The summed E-state index contributed by atoms with van der Waals surface area (Å²) < 4.78 is 7.76.